The van der Waals surface area contributed by atoms with Crippen LogP contribution in [0.15, 0.2) is 95.7 Å². The van der Waals surface area contributed by atoms with Gasteiger partial charge >= 0.3 is 0 Å². The number of piperazine rings is 1. The molecule has 0 radical (unpaired) electrons. The van der Waals surface area contributed by atoms with Gasteiger partial charge in [0.1, 0.15) is 40.4 Å². The van der Waals surface area contributed by atoms with E-state index in [4.69, 9.17) is 24.7 Å². The smallest absolute Gasteiger partial charge is 0.247 e. The second-order valence-corrected chi connectivity index (χ2v) is 14.0. The first-order chi connectivity index (χ1) is 26.6. The van der Waals surface area contributed by atoms with Crippen molar-refractivity contribution in [3.63, 3.8) is 0 Å². The van der Waals surface area contributed by atoms with E-state index in [9.17, 15) is 14.0 Å². The highest BCUT2D eigenvalue weighted by molar-refractivity contribution is 6.16. The Hall–Kier alpha value is -6.12. The minimum Gasteiger partial charge on any atom is -0.497 e. The van der Waals surface area contributed by atoms with Crippen LogP contribution in [0.1, 0.15) is 24.2 Å². The second-order valence-electron chi connectivity index (χ2n) is 14.0. The van der Waals surface area contributed by atoms with Gasteiger partial charge in [0.15, 0.2) is 17.2 Å². The van der Waals surface area contributed by atoms with Crippen LogP contribution in [0.25, 0.3) is 22.3 Å². The summed E-state index contributed by atoms with van der Waals surface area (Å²) in [4.78, 5) is 36.6. The Bertz CT molecular complexity index is 2370. The molecule has 3 aromatic heterocycles. The number of benzene rings is 3. The zero-order chi connectivity index (χ0) is 38.3. The number of hydrogen-bond acceptors (Lipinski definition) is 9. The molecular formula is C41H39F2N7O5. The van der Waals surface area contributed by atoms with Crippen molar-refractivity contribution in [2.75, 3.05) is 45.2 Å². The van der Waals surface area contributed by atoms with Crippen LogP contribution in [0.2, 0.25) is 0 Å². The highest BCUT2D eigenvalue weighted by atomic mass is 19.1. The Balaban J connectivity index is 1.15. The van der Waals surface area contributed by atoms with Crippen LogP contribution in [0, 0.1) is 17.0 Å². The number of nitrogens with two attached hydrogens (primary N) is 1. The monoisotopic (exact) mass is 747 g/mol. The van der Waals surface area contributed by atoms with Gasteiger partial charge in [-0.25, -0.2) is 18.4 Å². The van der Waals surface area contributed by atoms with Crippen LogP contribution in [-0.4, -0.2) is 76.7 Å². The Morgan fingerprint density at radius 2 is 1.64 bits per heavy atom. The summed E-state index contributed by atoms with van der Waals surface area (Å²) in [7, 11) is 3.73. The van der Waals surface area contributed by atoms with E-state index in [0.717, 1.165) is 49.3 Å². The number of carbonyl (C=O) groups is 2. The highest BCUT2D eigenvalue weighted by Gasteiger charge is 2.57. The Kier molecular flexibility index (Phi) is 9.53. The van der Waals surface area contributed by atoms with Crippen molar-refractivity contribution >= 4 is 34.2 Å². The Morgan fingerprint density at radius 1 is 0.909 bits per heavy atom. The van der Waals surface area contributed by atoms with Gasteiger partial charge in [-0.2, -0.15) is 5.10 Å². The first kappa shape index (κ1) is 35.9. The van der Waals surface area contributed by atoms with Crippen LogP contribution in [-0.2, 0) is 22.7 Å². The first-order valence-corrected chi connectivity index (χ1v) is 18.0. The van der Waals surface area contributed by atoms with E-state index in [1.807, 2.05) is 30.3 Å². The molecule has 1 saturated carbocycles. The molecular weight excluding hydrogens is 708 g/mol. The summed E-state index contributed by atoms with van der Waals surface area (Å²) >= 11 is 0. The zero-order valence-electron chi connectivity index (χ0n) is 30.4. The maximum Gasteiger partial charge on any atom is 0.247 e. The lowest BCUT2D eigenvalue weighted by molar-refractivity contribution is -0.133. The molecule has 0 atom stereocenters. The van der Waals surface area contributed by atoms with Crippen molar-refractivity contribution in [3.8, 4) is 28.5 Å². The number of amides is 2. The number of pyridine rings is 1. The molecule has 14 heteroatoms. The fraction of sp³-hybridized carbons (Fsp3) is 0.268. The van der Waals surface area contributed by atoms with Gasteiger partial charge in [0, 0.05) is 49.7 Å². The molecule has 0 unspecified atom stereocenters. The maximum absolute atomic E-state index is 16.2. The molecule has 55 heavy (non-hydrogen) atoms. The predicted octanol–water partition coefficient (Wildman–Crippen LogP) is 6.50. The summed E-state index contributed by atoms with van der Waals surface area (Å²) in [5.41, 5.74) is 7.32. The molecule has 1 aliphatic heterocycles. The molecule has 2 N–H and O–H groups in total. The SMILES string of the molecule is COc1ccc(Cn2nc(-c3coc(CN4CCN(C)CC4)c3)c3c(Oc4ccc(N(C(=O)C5(C(N)=O)CC5)c5ccc(F)cc5)cc4F)ccnc32)cc1. The van der Waals surface area contributed by atoms with Crippen molar-refractivity contribution in [2.24, 2.45) is 11.1 Å². The molecule has 8 rings (SSSR count). The summed E-state index contributed by atoms with van der Waals surface area (Å²) in [6.07, 6.45) is 3.77. The molecule has 1 saturated heterocycles. The van der Waals surface area contributed by atoms with Crippen LogP contribution in [0.3, 0.4) is 0 Å². The van der Waals surface area contributed by atoms with Crippen LogP contribution in [0.5, 0.6) is 17.2 Å². The summed E-state index contributed by atoms with van der Waals surface area (Å²) in [6.45, 7) is 4.85. The number of anilines is 2. The lowest BCUT2D eigenvalue weighted by Crippen LogP contribution is -2.43. The van der Waals surface area contributed by atoms with Crippen LogP contribution < -0.4 is 20.1 Å². The third-order valence-electron chi connectivity index (χ3n) is 10.3. The minimum atomic E-state index is -1.41. The van der Waals surface area contributed by atoms with E-state index in [2.05, 4.69) is 21.8 Å². The molecule has 3 aromatic carbocycles. The predicted molar refractivity (Wildman–Crippen MR) is 201 cm³/mol. The van der Waals surface area contributed by atoms with Gasteiger partial charge in [-0.15, -0.1) is 0 Å². The highest BCUT2D eigenvalue weighted by Crippen LogP contribution is 2.49. The van der Waals surface area contributed by atoms with E-state index < -0.39 is 28.9 Å². The average molecular weight is 748 g/mol. The first-order valence-electron chi connectivity index (χ1n) is 18.0. The summed E-state index contributed by atoms with van der Waals surface area (Å²) < 4.78 is 49.5. The molecule has 282 valence electrons. The second kappa shape index (κ2) is 14.6. The number of aromatic nitrogens is 3. The number of halogens is 2. The number of likely N-dealkylation sites (N-methyl/N-ethyl adjacent to an activating group) is 1. The van der Waals surface area contributed by atoms with Crippen molar-refractivity contribution < 1.29 is 32.3 Å². The molecule has 6 aromatic rings. The number of rotatable bonds is 12. The zero-order valence-corrected chi connectivity index (χ0v) is 30.4. The Labute approximate surface area is 315 Å². The minimum absolute atomic E-state index is 0.119. The third kappa shape index (κ3) is 7.13. The third-order valence-corrected chi connectivity index (χ3v) is 10.3. The molecule has 2 fully saturated rings. The molecule has 2 aliphatic rings. The topological polar surface area (TPSA) is 132 Å². The van der Waals surface area contributed by atoms with Gasteiger partial charge in [-0.05, 0) is 86.1 Å². The van der Waals surface area contributed by atoms with Crippen LogP contribution >= 0.6 is 0 Å². The Morgan fingerprint density at radius 3 is 2.31 bits per heavy atom. The summed E-state index contributed by atoms with van der Waals surface area (Å²) in [6, 6.07) is 20.4. The number of ether oxygens (including phenoxy) is 2. The van der Waals surface area contributed by atoms with E-state index in [1.165, 1.54) is 41.3 Å². The number of fused-ring (bicyclic) bond motifs is 1. The average Bonchev–Trinajstić information content (AvgIpc) is 3.76. The fourth-order valence-electron chi connectivity index (χ4n) is 6.89. The van der Waals surface area contributed by atoms with Crippen molar-refractivity contribution in [1.29, 1.82) is 0 Å². The van der Waals surface area contributed by atoms with Crippen molar-refractivity contribution in [1.82, 2.24) is 24.6 Å². The van der Waals surface area contributed by atoms with Gasteiger partial charge in [0.2, 0.25) is 11.8 Å². The number of carbonyl (C=O) groups excluding carboxylic acids is 2. The van der Waals surface area contributed by atoms with E-state index in [1.54, 1.807) is 30.3 Å². The molecule has 4 heterocycles. The summed E-state index contributed by atoms with van der Waals surface area (Å²) in [5, 5.41) is 5.54. The standard InChI is InChI=1S/C41H39F2N7O5/c1-47-17-19-48(20-18-47)24-32-21-27(25-54-32)37-36-35(13-16-45-38(36)49(46-37)23-26-3-10-31(53-2)11-4-26)55-34-12-9-30(22-33(34)43)50(29-7-5-28(42)6-8-29)40(52)41(14-15-41)39(44)51/h3-13,16,21-22,25H,14-15,17-20,23-24H2,1-2H3,(H2,44,51). The lowest BCUT2D eigenvalue weighted by atomic mass is 10.0. The number of primary amides is 1. The lowest BCUT2D eigenvalue weighted by Gasteiger charge is -2.31. The number of hydrogen-bond donors (Lipinski definition) is 1. The van der Waals surface area contributed by atoms with Gasteiger partial charge < -0.3 is 24.5 Å². The van der Waals surface area contributed by atoms with Gasteiger partial charge in [-0.3, -0.25) is 19.4 Å². The normalized spacial score (nSPS) is 15.6. The quantitative estimate of drug-likeness (QED) is 0.140. The van der Waals surface area contributed by atoms with Gasteiger partial charge in [-0.1, -0.05) is 12.1 Å². The fourth-order valence-corrected chi connectivity index (χ4v) is 6.89. The van der Waals surface area contributed by atoms with Gasteiger partial charge in [0.05, 0.1) is 31.3 Å². The van der Waals surface area contributed by atoms with Crippen molar-refractivity contribution in [3.05, 3.63) is 114 Å². The summed E-state index contributed by atoms with van der Waals surface area (Å²) in [5.74, 6) is -0.990. The number of nitrogens with zero attached hydrogens (tertiary/aromatic N) is 6. The maximum atomic E-state index is 16.2. The van der Waals surface area contributed by atoms with Crippen LogP contribution in [0.4, 0.5) is 20.2 Å². The molecule has 0 spiro atoms. The van der Waals surface area contributed by atoms with Gasteiger partial charge in [0.25, 0.3) is 0 Å². The van der Waals surface area contributed by atoms with E-state index in [-0.39, 0.29) is 30.0 Å². The molecule has 2 amide bonds. The van der Waals surface area contributed by atoms with Crippen molar-refractivity contribution in [2.45, 2.75) is 25.9 Å². The molecule has 1 aliphatic carbocycles. The number of methoxy groups -OCH3 is 1. The van der Waals surface area contributed by atoms with E-state index in [0.29, 0.717) is 41.1 Å². The number of furan rings is 1. The largest absolute Gasteiger partial charge is 0.497 e. The van der Waals surface area contributed by atoms with E-state index >= 15 is 4.39 Å². The molecule has 0 bridgehead atoms. The molecule has 12 nitrogen and oxygen atoms in total.